The van der Waals surface area contributed by atoms with Crippen molar-refractivity contribution in [1.29, 1.82) is 0 Å². The molecule has 1 aromatic rings. The van der Waals surface area contributed by atoms with Gasteiger partial charge in [-0.05, 0) is 32.3 Å². The van der Waals surface area contributed by atoms with Gasteiger partial charge in [0.15, 0.2) is 0 Å². The molecule has 0 fully saturated rings. The highest BCUT2D eigenvalue weighted by Gasteiger charge is 2.12. The van der Waals surface area contributed by atoms with E-state index in [-0.39, 0.29) is 5.91 Å². The van der Waals surface area contributed by atoms with Crippen molar-refractivity contribution >= 4 is 17.4 Å². The minimum absolute atomic E-state index is 0.0564. The Labute approximate surface area is 100 Å². The molecule has 0 aliphatic carbocycles. The maximum atomic E-state index is 11.7. The second-order valence-corrected chi connectivity index (χ2v) is 4.40. The number of likely N-dealkylation sites (N-methyl/N-ethyl adjacent to an activating group) is 1. The van der Waals surface area contributed by atoms with Crippen molar-refractivity contribution in [2.24, 2.45) is 0 Å². The number of carbonyl (C=O) groups excluding carboxylic acids is 1. The van der Waals surface area contributed by atoms with Gasteiger partial charge in [-0.2, -0.15) is 0 Å². The minimum Gasteiger partial charge on any atom is -0.346 e. The summed E-state index contributed by atoms with van der Waals surface area (Å²) in [6.45, 7) is 9.95. The zero-order valence-electron chi connectivity index (χ0n) is 10.0. The molecule has 0 radical (unpaired) electrons. The van der Waals surface area contributed by atoms with Gasteiger partial charge in [0, 0.05) is 0 Å². The fourth-order valence-electron chi connectivity index (χ4n) is 1.48. The van der Waals surface area contributed by atoms with Gasteiger partial charge in [0.2, 0.25) is 0 Å². The van der Waals surface area contributed by atoms with Crippen molar-refractivity contribution in [2.45, 2.75) is 20.8 Å². The van der Waals surface area contributed by atoms with E-state index in [0.717, 1.165) is 31.2 Å². The molecule has 1 rings (SSSR count). The Hall–Kier alpha value is -1.01. The van der Waals surface area contributed by atoms with Crippen molar-refractivity contribution in [1.82, 2.24) is 14.9 Å². The Morgan fingerprint density at radius 3 is 2.62 bits per heavy atom. The minimum atomic E-state index is -0.0564. The molecule has 1 amide bonds. The largest absolute Gasteiger partial charge is 0.346 e. The molecule has 0 spiro atoms. The van der Waals surface area contributed by atoms with Gasteiger partial charge in [-0.25, -0.2) is 0 Å². The topological polar surface area (TPSA) is 59.3 Å². The molecule has 0 aliphatic rings. The molecular weight excluding hydrogens is 224 g/mol. The third-order valence-electron chi connectivity index (χ3n) is 2.62. The zero-order valence-corrected chi connectivity index (χ0v) is 10.9. The van der Waals surface area contributed by atoms with Crippen molar-refractivity contribution in [3.8, 4) is 0 Å². The monoisotopic (exact) mass is 243 g/mol. The van der Waals surface area contributed by atoms with Crippen LogP contribution in [0.2, 0.25) is 0 Å². The van der Waals surface area contributed by atoms with Gasteiger partial charge in [-0.1, -0.05) is 4.49 Å². The molecule has 0 unspecified atom stereocenters. The normalized spacial score (nSPS) is 10.8. The lowest BCUT2D eigenvalue weighted by atomic mass is 10.3. The Morgan fingerprint density at radius 2 is 2.12 bits per heavy atom. The number of nitrogens with zero attached hydrogens (tertiary/aromatic N) is 2. The van der Waals surface area contributed by atoms with Crippen LogP contribution in [0.1, 0.15) is 29.2 Å². The summed E-state index contributed by atoms with van der Waals surface area (Å²) < 4.78 is 3.74. The fourth-order valence-corrected chi connectivity index (χ4v) is 2.05. The van der Waals surface area contributed by atoms with Crippen LogP contribution in [-0.2, 0) is 0 Å². The standard InChI is InChI=1S/C10H18N4OS/c1-4-14(5-2)7-6-11-10(15)9-8(3)12-13-16-9/h4-7H2,1-3H3,(H,11,15)/p+1. The third kappa shape index (κ3) is 3.53. The van der Waals surface area contributed by atoms with Gasteiger partial charge in [0.05, 0.1) is 31.9 Å². The van der Waals surface area contributed by atoms with Crippen LogP contribution in [0.15, 0.2) is 0 Å². The average molecular weight is 243 g/mol. The van der Waals surface area contributed by atoms with Gasteiger partial charge >= 0.3 is 0 Å². The van der Waals surface area contributed by atoms with Crippen LogP contribution < -0.4 is 10.2 Å². The third-order valence-corrected chi connectivity index (χ3v) is 3.45. The van der Waals surface area contributed by atoms with E-state index < -0.39 is 0 Å². The summed E-state index contributed by atoms with van der Waals surface area (Å²) in [7, 11) is 0. The van der Waals surface area contributed by atoms with Crippen molar-refractivity contribution in [3.05, 3.63) is 10.6 Å². The fraction of sp³-hybridized carbons (Fsp3) is 0.700. The van der Waals surface area contributed by atoms with Gasteiger partial charge in [0.25, 0.3) is 5.91 Å². The lowest BCUT2D eigenvalue weighted by Crippen LogP contribution is -3.12. The number of nitrogens with one attached hydrogen (secondary N) is 2. The smallest absolute Gasteiger partial charge is 0.265 e. The summed E-state index contributed by atoms with van der Waals surface area (Å²) in [4.78, 5) is 13.8. The molecule has 0 bridgehead atoms. The quantitative estimate of drug-likeness (QED) is 0.708. The first-order valence-electron chi connectivity index (χ1n) is 5.59. The number of hydrogen-bond acceptors (Lipinski definition) is 4. The number of aromatic nitrogens is 2. The Morgan fingerprint density at radius 1 is 1.44 bits per heavy atom. The predicted octanol–water partition coefficient (Wildman–Crippen LogP) is -0.499. The Balaban J connectivity index is 2.34. The molecule has 1 aromatic heterocycles. The maximum absolute atomic E-state index is 11.7. The molecule has 16 heavy (non-hydrogen) atoms. The first-order chi connectivity index (χ1) is 7.69. The van der Waals surface area contributed by atoms with Crippen LogP contribution >= 0.6 is 11.5 Å². The second-order valence-electron chi connectivity index (χ2n) is 3.65. The molecule has 5 nitrogen and oxygen atoms in total. The summed E-state index contributed by atoms with van der Waals surface area (Å²) >= 11 is 1.15. The number of amides is 1. The predicted molar refractivity (Wildman–Crippen MR) is 63.9 cm³/mol. The molecule has 0 aromatic carbocycles. The van der Waals surface area contributed by atoms with E-state index in [1.54, 1.807) is 6.92 Å². The summed E-state index contributed by atoms with van der Waals surface area (Å²) in [6.07, 6.45) is 0. The van der Waals surface area contributed by atoms with Gasteiger partial charge in [0.1, 0.15) is 4.88 Å². The Bertz CT molecular complexity index is 335. The van der Waals surface area contributed by atoms with E-state index >= 15 is 0 Å². The van der Waals surface area contributed by atoms with E-state index in [0.29, 0.717) is 17.1 Å². The highest BCUT2D eigenvalue weighted by molar-refractivity contribution is 7.07. The van der Waals surface area contributed by atoms with Crippen LogP contribution in [0.4, 0.5) is 0 Å². The summed E-state index contributed by atoms with van der Waals surface area (Å²) in [5, 5.41) is 6.71. The van der Waals surface area contributed by atoms with Gasteiger partial charge in [-0.15, -0.1) is 5.10 Å². The van der Waals surface area contributed by atoms with Crippen LogP contribution in [0.5, 0.6) is 0 Å². The number of carbonyl (C=O) groups is 1. The van der Waals surface area contributed by atoms with E-state index in [1.165, 1.54) is 4.90 Å². The lowest BCUT2D eigenvalue weighted by molar-refractivity contribution is -0.895. The van der Waals surface area contributed by atoms with Gasteiger partial charge < -0.3 is 10.2 Å². The molecule has 0 saturated heterocycles. The lowest BCUT2D eigenvalue weighted by Gasteiger charge is -2.15. The van der Waals surface area contributed by atoms with Crippen LogP contribution in [0, 0.1) is 6.92 Å². The summed E-state index contributed by atoms with van der Waals surface area (Å²) in [5.74, 6) is -0.0564. The molecule has 1 heterocycles. The van der Waals surface area contributed by atoms with E-state index in [9.17, 15) is 4.79 Å². The summed E-state index contributed by atoms with van der Waals surface area (Å²) in [6, 6.07) is 0. The SMILES string of the molecule is CC[NH+](CC)CCNC(=O)c1snnc1C. The molecule has 6 heteroatoms. The van der Waals surface area contributed by atoms with Crippen molar-refractivity contribution < 1.29 is 9.69 Å². The van der Waals surface area contributed by atoms with Crippen molar-refractivity contribution in [2.75, 3.05) is 26.2 Å². The number of rotatable bonds is 6. The molecule has 2 N–H and O–H groups in total. The highest BCUT2D eigenvalue weighted by atomic mass is 32.1. The summed E-state index contributed by atoms with van der Waals surface area (Å²) in [5.41, 5.74) is 0.706. The molecular formula is C10H19N4OS+. The maximum Gasteiger partial charge on any atom is 0.265 e. The Kier molecular flexibility index (Phi) is 5.34. The van der Waals surface area contributed by atoms with E-state index in [4.69, 9.17) is 0 Å². The van der Waals surface area contributed by atoms with Crippen LogP contribution in [0.25, 0.3) is 0 Å². The van der Waals surface area contributed by atoms with E-state index in [1.807, 2.05) is 0 Å². The average Bonchev–Trinajstić information content (AvgIpc) is 2.70. The molecule has 0 aliphatic heterocycles. The number of quaternary nitrogens is 1. The van der Waals surface area contributed by atoms with E-state index in [2.05, 4.69) is 28.8 Å². The number of hydrogen-bond donors (Lipinski definition) is 2. The number of aryl methyl sites for hydroxylation is 1. The molecule has 0 saturated carbocycles. The van der Waals surface area contributed by atoms with Crippen LogP contribution in [-0.4, -0.2) is 41.7 Å². The zero-order chi connectivity index (χ0) is 12.0. The highest BCUT2D eigenvalue weighted by Crippen LogP contribution is 2.07. The molecule has 0 atom stereocenters. The first-order valence-corrected chi connectivity index (χ1v) is 6.37. The second kappa shape index (κ2) is 6.55. The molecule has 90 valence electrons. The van der Waals surface area contributed by atoms with Gasteiger partial charge in [-0.3, -0.25) is 4.79 Å². The van der Waals surface area contributed by atoms with Crippen LogP contribution in [0.3, 0.4) is 0 Å². The van der Waals surface area contributed by atoms with Crippen molar-refractivity contribution in [3.63, 3.8) is 0 Å². The first kappa shape index (κ1) is 13.1.